The van der Waals surface area contributed by atoms with Crippen molar-refractivity contribution in [3.63, 3.8) is 0 Å². The van der Waals surface area contributed by atoms with Gasteiger partial charge < -0.3 is 14.6 Å². The number of fused-ring (bicyclic) bond motifs is 3. The Balaban J connectivity index is 1.65. The minimum absolute atomic E-state index is 0.283. The van der Waals surface area contributed by atoms with E-state index >= 15 is 0 Å². The molecule has 4 aromatic rings. The fraction of sp³-hybridized carbons (Fsp3) is 0.227. The van der Waals surface area contributed by atoms with Gasteiger partial charge in [0.1, 0.15) is 18.7 Å². The van der Waals surface area contributed by atoms with Crippen LogP contribution in [-0.2, 0) is 6.54 Å². The zero-order valence-corrected chi connectivity index (χ0v) is 16.4. The van der Waals surface area contributed by atoms with E-state index in [4.69, 9.17) is 4.42 Å². The van der Waals surface area contributed by atoms with Crippen LogP contribution in [0.5, 0.6) is 0 Å². The Hall–Kier alpha value is -2.47. The van der Waals surface area contributed by atoms with Gasteiger partial charge in [0.05, 0.1) is 19.0 Å². The first kappa shape index (κ1) is 17.9. The first-order valence-corrected chi connectivity index (χ1v) is 10.1. The Labute approximate surface area is 162 Å². The Bertz CT molecular complexity index is 1120. The molecule has 0 fully saturated rings. The van der Waals surface area contributed by atoms with Gasteiger partial charge in [0, 0.05) is 17.0 Å². The molecule has 0 saturated carbocycles. The van der Waals surface area contributed by atoms with Crippen LogP contribution in [-0.4, -0.2) is 20.6 Å². The lowest BCUT2D eigenvalue weighted by molar-refractivity contribution is -0.910. The second-order valence-electron chi connectivity index (χ2n) is 7.12. The highest BCUT2D eigenvalue weighted by atomic mass is 32.1. The predicted molar refractivity (Wildman–Crippen MR) is 110 cm³/mol. The topological polar surface area (TPSA) is 51.3 Å². The highest BCUT2D eigenvalue weighted by Gasteiger charge is 2.21. The molecule has 0 aliphatic heterocycles. The van der Waals surface area contributed by atoms with Gasteiger partial charge in [-0.15, -0.1) is 11.3 Å². The van der Waals surface area contributed by atoms with Crippen LogP contribution in [0.15, 0.2) is 69.2 Å². The highest BCUT2D eigenvalue weighted by Crippen LogP contribution is 2.27. The molecular formula is C22H24N2O2S+2. The van der Waals surface area contributed by atoms with E-state index in [0.717, 1.165) is 34.8 Å². The molecule has 2 aromatic heterocycles. The van der Waals surface area contributed by atoms with E-state index in [-0.39, 0.29) is 5.63 Å². The summed E-state index contributed by atoms with van der Waals surface area (Å²) in [6.07, 6.45) is 0. The van der Waals surface area contributed by atoms with Crippen molar-refractivity contribution in [2.45, 2.75) is 12.6 Å². The van der Waals surface area contributed by atoms with Crippen LogP contribution in [0.3, 0.4) is 0 Å². The maximum atomic E-state index is 12.0. The van der Waals surface area contributed by atoms with Gasteiger partial charge in [0.15, 0.2) is 6.04 Å². The van der Waals surface area contributed by atoms with Crippen LogP contribution in [0.1, 0.15) is 16.5 Å². The van der Waals surface area contributed by atoms with Crippen LogP contribution in [0.25, 0.3) is 21.7 Å². The van der Waals surface area contributed by atoms with Crippen molar-refractivity contribution in [3.8, 4) is 0 Å². The summed E-state index contributed by atoms with van der Waals surface area (Å²) in [7, 11) is 4.39. The van der Waals surface area contributed by atoms with Crippen molar-refractivity contribution in [2.75, 3.05) is 20.6 Å². The van der Waals surface area contributed by atoms with E-state index in [1.165, 1.54) is 9.78 Å². The Morgan fingerprint density at radius 3 is 2.74 bits per heavy atom. The summed E-state index contributed by atoms with van der Waals surface area (Å²) in [5.41, 5.74) is 1.42. The summed E-state index contributed by atoms with van der Waals surface area (Å²) in [5.74, 6) is 0. The van der Waals surface area contributed by atoms with Gasteiger partial charge in [-0.2, -0.15) is 0 Å². The first-order chi connectivity index (χ1) is 13.1. The fourth-order valence-corrected chi connectivity index (χ4v) is 4.68. The molecular weight excluding hydrogens is 356 g/mol. The molecule has 0 unspecified atom stereocenters. The molecule has 4 nitrogen and oxygen atoms in total. The molecule has 27 heavy (non-hydrogen) atoms. The van der Waals surface area contributed by atoms with Crippen LogP contribution in [0, 0.1) is 0 Å². The summed E-state index contributed by atoms with van der Waals surface area (Å²) in [6.45, 7) is 1.72. The van der Waals surface area contributed by atoms with Gasteiger partial charge in [0.2, 0.25) is 0 Å². The lowest BCUT2D eigenvalue weighted by Gasteiger charge is -2.19. The lowest BCUT2D eigenvalue weighted by atomic mass is 10.0. The van der Waals surface area contributed by atoms with Gasteiger partial charge in [-0.25, -0.2) is 4.79 Å². The van der Waals surface area contributed by atoms with E-state index in [2.05, 4.69) is 49.1 Å². The van der Waals surface area contributed by atoms with Gasteiger partial charge in [-0.3, -0.25) is 0 Å². The third-order valence-corrected chi connectivity index (χ3v) is 6.05. The van der Waals surface area contributed by atoms with Crippen molar-refractivity contribution in [3.05, 3.63) is 80.8 Å². The van der Waals surface area contributed by atoms with Gasteiger partial charge >= 0.3 is 5.63 Å². The molecule has 4 rings (SSSR count). The molecule has 0 radical (unpaired) electrons. The average molecular weight is 381 g/mol. The minimum Gasteiger partial charge on any atom is -0.423 e. The number of rotatable bonds is 6. The van der Waals surface area contributed by atoms with Crippen molar-refractivity contribution in [1.29, 1.82) is 0 Å². The molecule has 2 heterocycles. The van der Waals surface area contributed by atoms with E-state index in [9.17, 15) is 4.79 Å². The van der Waals surface area contributed by atoms with Crippen molar-refractivity contribution >= 4 is 33.1 Å². The average Bonchev–Trinajstić information content (AvgIpc) is 3.18. The molecule has 2 aromatic carbocycles. The van der Waals surface area contributed by atoms with Crippen molar-refractivity contribution in [1.82, 2.24) is 0 Å². The minimum atomic E-state index is -0.283. The smallest absolute Gasteiger partial charge is 0.336 e. The van der Waals surface area contributed by atoms with Crippen LogP contribution in [0.2, 0.25) is 0 Å². The van der Waals surface area contributed by atoms with Gasteiger partial charge in [0.25, 0.3) is 0 Å². The second-order valence-corrected chi connectivity index (χ2v) is 8.10. The highest BCUT2D eigenvalue weighted by molar-refractivity contribution is 7.10. The molecule has 0 aliphatic carbocycles. The van der Waals surface area contributed by atoms with E-state index in [1.54, 1.807) is 17.4 Å². The predicted octanol–water partition coefficient (Wildman–Crippen LogP) is 1.96. The van der Waals surface area contributed by atoms with Crippen LogP contribution < -0.4 is 15.8 Å². The zero-order chi connectivity index (χ0) is 18.8. The van der Waals surface area contributed by atoms with Gasteiger partial charge in [-0.05, 0) is 28.3 Å². The Morgan fingerprint density at radius 1 is 1.11 bits per heavy atom. The van der Waals surface area contributed by atoms with E-state index in [0.29, 0.717) is 11.6 Å². The number of quaternary nitrogens is 2. The summed E-state index contributed by atoms with van der Waals surface area (Å²) < 4.78 is 5.46. The SMILES string of the molecule is C[NH+](C)[C@@H](C[NH2+]Cc1cc(=O)oc2ccc3ccccc3c12)c1cccs1. The largest absolute Gasteiger partial charge is 0.423 e. The standard InChI is InChI=1S/C22H22N2O2S/c1-24(2)18(20-8-5-11-27-20)14-23-13-16-12-21(25)26-19-10-9-15-6-3-4-7-17(15)22(16)19/h3-12,18,23H,13-14H2,1-2H3/p+2/t18-/m0/s1. The third kappa shape index (κ3) is 3.67. The molecule has 3 N–H and O–H groups in total. The molecule has 1 atom stereocenters. The van der Waals surface area contributed by atoms with E-state index in [1.807, 2.05) is 24.3 Å². The molecule has 0 aliphatic rings. The number of nitrogens with one attached hydrogen (secondary N) is 1. The summed E-state index contributed by atoms with van der Waals surface area (Å²) in [4.78, 5) is 14.9. The maximum Gasteiger partial charge on any atom is 0.336 e. The molecule has 5 heteroatoms. The zero-order valence-electron chi connectivity index (χ0n) is 15.6. The van der Waals surface area contributed by atoms with Crippen LogP contribution >= 0.6 is 11.3 Å². The summed E-state index contributed by atoms with van der Waals surface area (Å²) in [6, 6.07) is 18.6. The molecule has 0 saturated heterocycles. The molecule has 0 bridgehead atoms. The maximum absolute atomic E-state index is 12.0. The Morgan fingerprint density at radius 2 is 1.96 bits per heavy atom. The monoisotopic (exact) mass is 380 g/mol. The number of benzene rings is 2. The van der Waals surface area contributed by atoms with Crippen molar-refractivity contribution in [2.24, 2.45) is 0 Å². The van der Waals surface area contributed by atoms with E-state index < -0.39 is 0 Å². The normalized spacial score (nSPS) is 12.9. The molecule has 0 spiro atoms. The second kappa shape index (κ2) is 7.64. The third-order valence-electron chi connectivity index (χ3n) is 5.06. The number of hydrogen-bond donors (Lipinski definition) is 2. The Kier molecular flexibility index (Phi) is 5.07. The fourth-order valence-electron chi connectivity index (χ4n) is 3.71. The van der Waals surface area contributed by atoms with Crippen LogP contribution in [0.4, 0.5) is 0 Å². The number of nitrogens with two attached hydrogens (primary N) is 1. The lowest BCUT2D eigenvalue weighted by Crippen LogP contribution is -3.09. The number of hydrogen-bond acceptors (Lipinski definition) is 3. The first-order valence-electron chi connectivity index (χ1n) is 9.23. The van der Waals surface area contributed by atoms with Crippen molar-refractivity contribution < 1.29 is 14.6 Å². The van der Waals surface area contributed by atoms with Gasteiger partial charge in [-0.1, -0.05) is 36.4 Å². The number of thiophene rings is 1. The summed E-state index contributed by atoms with van der Waals surface area (Å²) >= 11 is 1.81. The summed E-state index contributed by atoms with van der Waals surface area (Å²) in [5, 5.41) is 7.78. The number of likely N-dealkylation sites (N-methyl/N-ethyl adjacent to an activating group) is 1. The molecule has 138 valence electrons. The quantitative estimate of drug-likeness (QED) is 0.397. The molecule has 0 amide bonds.